The van der Waals surface area contributed by atoms with E-state index in [4.69, 9.17) is 11.6 Å². The Labute approximate surface area is 83.3 Å². The van der Waals surface area contributed by atoms with Gasteiger partial charge in [-0.25, -0.2) is 20.2 Å². The van der Waals surface area contributed by atoms with Crippen molar-refractivity contribution in [1.82, 2.24) is 9.97 Å². The van der Waals surface area contributed by atoms with Gasteiger partial charge in [-0.2, -0.15) is 0 Å². The predicted molar refractivity (Wildman–Crippen MR) is 49.7 cm³/mol. The van der Waals surface area contributed by atoms with E-state index in [1.54, 1.807) is 0 Å². The molecule has 0 bridgehead atoms. The highest BCUT2D eigenvalue weighted by Crippen LogP contribution is 2.18. The summed E-state index contributed by atoms with van der Waals surface area (Å²) in [5, 5.41) is 0.0340. The average molecular weight is 217 g/mol. The highest BCUT2D eigenvalue weighted by Gasteiger charge is 2.08. The number of hydrazine groups is 1. The molecule has 8 heteroatoms. The lowest BCUT2D eigenvalue weighted by Crippen LogP contribution is -2.14. The lowest BCUT2D eigenvalue weighted by atomic mass is 10.6. The summed E-state index contributed by atoms with van der Waals surface area (Å²) in [7, 11) is 0. The first-order valence-electron chi connectivity index (χ1n) is 3.53. The summed E-state index contributed by atoms with van der Waals surface area (Å²) in [6, 6.07) is 0. The zero-order chi connectivity index (χ0) is 10.6. The number of aromatic nitrogens is 2. The van der Waals surface area contributed by atoms with Crippen LogP contribution in [0.25, 0.3) is 0 Å². The molecule has 0 aliphatic carbocycles. The van der Waals surface area contributed by atoms with Crippen LogP contribution < -0.4 is 17.0 Å². The van der Waals surface area contributed by atoms with Gasteiger partial charge < -0.3 is 5.73 Å². The van der Waals surface area contributed by atoms with E-state index in [1.165, 1.54) is 0 Å². The fourth-order valence-corrected chi connectivity index (χ4v) is 1.28. The number of carbonyl (C=O) groups excluding carboxylic acids is 1. The molecule has 1 heterocycles. The maximum absolute atomic E-state index is 13.0. The van der Waals surface area contributed by atoms with Crippen LogP contribution in [0.3, 0.4) is 0 Å². The van der Waals surface area contributed by atoms with E-state index in [9.17, 15) is 9.18 Å². The van der Waals surface area contributed by atoms with E-state index in [-0.39, 0.29) is 16.7 Å². The molecular formula is C6H8FN5OS. The molecule has 1 amide bonds. The SMILES string of the molecule is NNc1ncc(F)c(SCC(N)=O)n1. The van der Waals surface area contributed by atoms with Crippen LogP contribution in [-0.4, -0.2) is 21.6 Å². The van der Waals surface area contributed by atoms with Crippen LogP contribution in [0.2, 0.25) is 0 Å². The molecule has 0 saturated heterocycles. The third-order valence-corrected chi connectivity index (χ3v) is 2.18. The quantitative estimate of drug-likeness (QED) is 0.271. The minimum Gasteiger partial charge on any atom is -0.369 e. The van der Waals surface area contributed by atoms with E-state index in [1.807, 2.05) is 0 Å². The molecule has 0 aliphatic heterocycles. The third kappa shape index (κ3) is 2.82. The second kappa shape index (κ2) is 4.72. The fraction of sp³-hybridized carbons (Fsp3) is 0.167. The maximum atomic E-state index is 13.0. The second-order valence-electron chi connectivity index (χ2n) is 2.25. The largest absolute Gasteiger partial charge is 0.369 e. The van der Waals surface area contributed by atoms with Crippen molar-refractivity contribution in [3.05, 3.63) is 12.0 Å². The Bertz CT molecular complexity index is 347. The molecule has 0 radical (unpaired) electrons. The molecule has 0 saturated carbocycles. The number of nitrogens with zero attached hydrogens (tertiary/aromatic N) is 2. The molecule has 6 nitrogen and oxygen atoms in total. The summed E-state index contributed by atoms with van der Waals surface area (Å²) in [5.74, 6) is 3.90. The van der Waals surface area contributed by atoms with Gasteiger partial charge in [0.25, 0.3) is 0 Å². The standard InChI is InChI=1S/C6H8FN5OS/c7-3-1-10-6(12-9)11-5(3)14-2-4(8)13/h1H,2,9H2,(H2,8,13)(H,10,11,12). The first kappa shape index (κ1) is 10.7. The summed E-state index contributed by atoms with van der Waals surface area (Å²) < 4.78 is 13.0. The Morgan fingerprint density at radius 1 is 1.71 bits per heavy atom. The number of thioether (sulfide) groups is 1. The lowest BCUT2D eigenvalue weighted by molar-refractivity contribution is -0.115. The maximum Gasteiger partial charge on any atom is 0.238 e. The number of rotatable bonds is 4. The van der Waals surface area contributed by atoms with Gasteiger partial charge in [-0.1, -0.05) is 11.8 Å². The Morgan fingerprint density at radius 3 is 3.00 bits per heavy atom. The molecule has 1 aromatic heterocycles. The van der Waals surface area contributed by atoms with Gasteiger partial charge in [-0.3, -0.25) is 10.2 Å². The summed E-state index contributed by atoms with van der Waals surface area (Å²) >= 11 is 0.888. The average Bonchev–Trinajstić information content (AvgIpc) is 2.16. The Balaban J connectivity index is 2.78. The smallest absolute Gasteiger partial charge is 0.238 e. The zero-order valence-corrected chi connectivity index (χ0v) is 7.84. The van der Waals surface area contributed by atoms with Gasteiger partial charge in [-0.15, -0.1) is 0 Å². The van der Waals surface area contributed by atoms with E-state index in [2.05, 4.69) is 15.4 Å². The molecule has 1 rings (SSSR count). The van der Waals surface area contributed by atoms with Crippen LogP contribution in [0.15, 0.2) is 11.2 Å². The van der Waals surface area contributed by atoms with Crippen LogP contribution in [0.1, 0.15) is 0 Å². The van der Waals surface area contributed by atoms with Crippen LogP contribution in [0.5, 0.6) is 0 Å². The van der Waals surface area contributed by atoms with E-state index < -0.39 is 11.7 Å². The molecule has 0 atom stereocenters. The van der Waals surface area contributed by atoms with Crippen molar-refractivity contribution < 1.29 is 9.18 Å². The van der Waals surface area contributed by atoms with Gasteiger partial charge in [-0.05, 0) is 0 Å². The topological polar surface area (TPSA) is 107 Å². The number of hydrogen-bond acceptors (Lipinski definition) is 6. The molecule has 0 spiro atoms. The van der Waals surface area contributed by atoms with Crippen molar-refractivity contribution in [2.45, 2.75) is 5.03 Å². The van der Waals surface area contributed by atoms with Crippen molar-refractivity contribution in [3.63, 3.8) is 0 Å². The number of anilines is 1. The van der Waals surface area contributed by atoms with Crippen molar-refractivity contribution >= 4 is 23.6 Å². The minimum absolute atomic E-state index is 0.0340. The molecule has 1 aromatic rings. The molecule has 0 aliphatic rings. The van der Waals surface area contributed by atoms with E-state index >= 15 is 0 Å². The number of primary amides is 1. The summed E-state index contributed by atoms with van der Waals surface area (Å²) in [6.45, 7) is 0. The number of nitrogens with two attached hydrogens (primary N) is 2. The summed E-state index contributed by atoms with van der Waals surface area (Å²) in [4.78, 5) is 17.7. The fourth-order valence-electron chi connectivity index (χ4n) is 0.662. The van der Waals surface area contributed by atoms with Crippen molar-refractivity contribution in [2.75, 3.05) is 11.2 Å². The Kier molecular flexibility index (Phi) is 3.60. The van der Waals surface area contributed by atoms with Crippen LogP contribution in [0, 0.1) is 5.82 Å². The molecule has 0 unspecified atom stereocenters. The number of amides is 1. The van der Waals surface area contributed by atoms with E-state index in [0.29, 0.717) is 0 Å². The minimum atomic E-state index is -0.616. The number of hydrogen-bond donors (Lipinski definition) is 3. The van der Waals surface area contributed by atoms with Crippen molar-refractivity contribution in [3.8, 4) is 0 Å². The predicted octanol–water partition coefficient (Wildman–Crippen LogP) is -0.521. The monoisotopic (exact) mass is 217 g/mol. The molecule has 0 aromatic carbocycles. The van der Waals surface area contributed by atoms with Crippen LogP contribution >= 0.6 is 11.8 Å². The zero-order valence-electron chi connectivity index (χ0n) is 7.03. The Morgan fingerprint density at radius 2 is 2.43 bits per heavy atom. The third-order valence-electron chi connectivity index (χ3n) is 1.19. The molecule has 0 fully saturated rings. The Hall–Kier alpha value is -1.41. The molecule has 76 valence electrons. The second-order valence-corrected chi connectivity index (χ2v) is 3.21. The normalized spacial score (nSPS) is 9.86. The number of nitrogen functional groups attached to an aromatic ring is 1. The summed E-state index contributed by atoms with van der Waals surface area (Å²) in [5.41, 5.74) is 7.06. The number of halogens is 1. The highest BCUT2D eigenvalue weighted by molar-refractivity contribution is 7.99. The van der Waals surface area contributed by atoms with E-state index in [0.717, 1.165) is 18.0 Å². The van der Waals surface area contributed by atoms with Gasteiger partial charge in [0.05, 0.1) is 11.9 Å². The van der Waals surface area contributed by atoms with Gasteiger partial charge in [0.1, 0.15) is 5.03 Å². The highest BCUT2D eigenvalue weighted by atomic mass is 32.2. The first-order chi connectivity index (χ1) is 6.63. The van der Waals surface area contributed by atoms with Crippen molar-refractivity contribution in [1.29, 1.82) is 0 Å². The van der Waals surface area contributed by atoms with Gasteiger partial charge in [0.2, 0.25) is 11.9 Å². The number of nitrogens with one attached hydrogen (secondary N) is 1. The number of carbonyl (C=O) groups is 1. The molecular weight excluding hydrogens is 209 g/mol. The molecule has 14 heavy (non-hydrogen) atoms. The first-order valence-corrected chi connectivity index (χ1v) is 4.52. The van der Waals surface area contributed by atoms with Crippen LogP contribution in [-0.2, 0) is 4.79 Å². The lowest BCUT2D eigenvalue weighted by Gasteiger charge is -2.02. The van der Waals surface area contributed by atoms with Gasteiger partial charge in [0.15, 0.2) is 5.82 Å². The summed E-state index contributed by atoms with van der Waals surface area (Å²) in [6.07, 6.45) is 0.964. The molecule has 5 N–H and O–H groups in total. The van der Waals surface area contributed by atoms with Gasteiger partial charge in [0, 0.05) is 0 Å². The van der Waals surface area contributed by atoms with Gasteiger partial charge >= 0.3 is 0 Å². The van der Waals surface area contributed by atoms with Crippen LogP contribution in [0.4, 0.5) is 10.3 Å². The van der Waals surface area contributed by atoms with Crippen molar-refractivity contribution in [2.24, 2.45) is 11.6 Å².